The van der Waals surface area contributed by atoms with Gasteiger partial charge in [0.1, 0.15) is 0 Å². The summed E-state index contributed by atoms with van der Waals surface area (Å²) < 4.78 is 2.03. The fraction of sp³-hybridized carbons (Fsp3) is 0.450. The van der Waals surface area contributed by atoms with E-state index in [2.05, 4.69) is 11.9 Å². The van der Waals surface area contributed by atoms with E-state index in [1.54, 1.807) is 6.20 Å². The Morgan fingerprint density at radius 1 is 1.24 bits per heavy atom. The Kier molecular flexibility index (Phi) is 9.26. The van der Waals surface area contributed by atoms with E-state index in [4.69, 9.17) is 28.3 Å². The van der Waals surface area contributed by atoms with E-state index in [1.165, 1.54) is 0 Å². The minimum Gasteiger partial charge on any atom is -0.395 e. The van der Waals surface area contributed by atoms with Crippen molar-refractivity contribution in [2.24, 2.45) is 5.92 Å². The highest BCUT2D eigenvalue weighted by molar-refractivity contribution is 6.35. The summed E-state index contributed by atoms with van der Waals surface area (Å²) in [5.41, 5.74) is 3.21. The first-order valence-electron chi connectivity index (χ1n) is 8.68. The zero-order valence-corrected chi connectivity index (χ0v) is 17.2. The van der Waals surface area contributed by atoms with Gasteiger partial charge in [-0.2, -0.15) is 0 Å². The van der Waals surface area contributed by atoms with Gasteiger partial charge in [0.15, 0.2) is 0 Å². The number of hydrogen-bond donors (Lipinski definition) is 1. The second-order valence-electron chi connectivity index (χ2n) is 5.79. The van der Waals surface area contributed by atoms with Crippen molar-refractivity contribution in [1.82, 2.24) is 9.55 Å². The van der Waals surface area contributed by atoms with Crippen LogP contribution in [0.2, 0.25) is 0 Å². The smallest absolute Gasteiger partial charge is 0.0610 e. The minimum absolute atomic E-state index is 0.172. The summed E-state index contributed by atoms with van der Waals surface area (Å²) in [6.45, 7) is 10.9. The number of fused-ring (bicyclic) bond motifs is 1. The summed E-state index contributed by atoms with van der Waals surface area (Å²) >= 11 is 11.8. The van der Waals surface area contributed by atoms with Crippen molar-refractivity contribution in [1.29, 1.82) is 0 Å². The lowest BCUT2D eigenvalue weighted by molar-refractivity contribution is 0.278. The summed E-state index contributed by atoms with van der Waals surface area (Å²) in [4.78, 5) is 4.20. The van der Waals surface area contributed by atoms with Gasteiger partial charge in [-0.25, -0.2) is 0 Å². The van der Waals surface area contributed by atoms with Gasteiger partial charge in [-0.3, -0.25) is 4.98 Å². The molecule has 3 rings (SSSR count). The summed E-state index contributed by atoms with van der Waals surface area (Å²) in [6.07, 6.45) is 6.76. The monoisotopic (exact) mass is 382 g/mol. The molecule has 1 aliphatic carbocycles. The number of halogens is 2. The SMILES string of the molecule is CC.CC1=C(Cl)CC(C)C=C1Cl.Cc1nccc2c1ccn2CCO. The van der Waals surface area contributed by atoms with E-state index >= 15 is 0 Å². The van der Waals surface area contributed by atoms with Crippen molar-refractivity contribution in [3.05, 3.63) is 51.9 Å². The van der Waals surface area contributed by atoms with Crippen LogP contribution in [0.4, 0.5) is 0 Å². The molecule has 0 amide bonds. The van der Waals surface area contributed by atoms with Crippen LogP contribution >= 0.6 is 23.2 Å². The fourth-order valence-electron chi connectivity index (χ4n) is 2.57. The third kappa shape index (κ3) is 5.88. The highest BCUT2D eigenvalue weighted by Gasteiger charge is 2.13. The zero-order chi connectivity index (χ0) is 19.0. The third-order valence-electron chi connectivity index (χ3n) is 3.93. The molecule has 2 aromatic heterocycles. The van der Waals surface area contributed by atoms with E-state index in [-0.39, 0.29) is 6.61 Å². The van der Waals surface area contributed by atoms with Gasteiger partial charge in [-0.05, 0) is 43.9 Å². The molecule has 0 fully saturated rings. The van der Waals surface area contributed by atoms with Gasteiger partial charge in [-0.1, -0.05) is 50.0 Å². The van der Waals surface area contributed by atoms with Crippen molar-refractivity contribution in [2.75, 3.05) is 6.61 Å². The Balaban J connectivity index is 0.000000235. The van der Waals surface area contributed by atoms with Crippen LogP contribution in [0.5, 0.6) is 0 Å². The van der Waals surface area contributed by atoms with Gasteiger partial charge >= 0.3 is 0 Å². The molecule has 0 aromatic carbocycles. The van der Waals surface area contributed by atoms with Crippen LogP contribution in [0, 0.1) is 12.8 Å². The molecule has 5 heteroatoms. The topological polar surface area (TPSA) is 38.0 Å². The van der Waals surface area contributed by atoms with Crippen LogP contribution in [-0.2, 0) is 6.54 Å². The molecule has 138 valence electrons. The summed E-state index contributed by atoms with van der Waals surface area (Å²) in [5, 5.41) is 11.7. The lowest BCUT2D eigenvalue weighted by atomic mass is 9.99. The Morgan fingerprint density at radius 2 is 1.92 bits per heavy atom. The molecule has 2 heterocycles. The Hall–Kier alpha value is -1.29. The minimum atomic E-state index is 0.172. The fourth-order valence-corrected chi connectivity index (χ4v) is 3.29. The predicted molar refractivity (Wildman–Crippen MR) is 109 cm³/mol. The van der Waals surface area contributed by atoms with Gasteiger partial charge in [0, 0.05) is 40.1 Å². The Morgan fingerprint density at radius 3 is 2.52 bits per heavy atom. The molecular weight excluding hydrogens is 355 g/mol. The van der Waals surface area contributed by atoms with Crippen molar-refractivity contribution in [3.63, 3.8) is 0 Å². The molecule has 1 unspecified atom stereocenters. The normalized spacial score (nSPS) is 16.6. The zero-order valence-electron chi connectivity index (χ0n) is 15.7. The number of aromatic nitrogens is 2. The first-order valence-corrected chi connectivity index (χ1v) is 9.44. The maximum absolute atomic E-state index is 8.83. The first kappa shape index (κ1) is 21.8. The molecule has 0 saturated carbocycles. The number of pyridine rings is 1. The number of nitrogens with zero attached hydrogens (tertiary/aromatic N) is 2. The van der Waals surface area contributed by atoms with Crippen LogP contribution < -0.4 is 0 Å². The third-order valence-corrected chi connectivity index (χ3v) is 4.78. The van der Waals surface area contributed by atoms with Crippen LogP contribution in [0.1, 0.15) is 39.8 Å². The van der Waals surface area contributed by atoms with Gasteiger partial charge in [0.25, 0.3) is 0 Å². The van der Waals surface area contributed by atoms with Crippen molar-refractivity contribution < 1.29 is 5.11 Å². The standard InChI is InChI=1S/C10H12N2O.C8H10Cl2.C2H6/c1-8-9-3-5-12(6-7-13)10(9)2-4-11-8;1-5-3-7(9)6(2)8(10)4-5;1-2/h2-5,13H,6-7H2,1H3;3,5H,4H2,1-2H3;1-2H3. The molecule has 1 aliphatic rings. The second-order valence-corrected chi connectivity index (χ2v) is 6.65. The largest absolute Gasteiger partial charge is 0.395 e. The molecule has 1 N–H and O–H groups in total. The van der Waals surface area contributed by atoms with Crippen LogP contribution in [0.15, 0.2) is 46.2 Å². The maximum atomic E-state index is 8.83. The van der Waals surface area contributed by atoms with Crippen LogP contribution in [0.3, 0.4) is 0 Å². The van der Waals surface area contributed by atoms with Crippen LogP contribution in [-0.4, -0.2) is 21.3 Å². The Labute approximate surface area is 161 Å². The number of aliphatic hydroxyl groups is 1. The summed E-state index contributed by atoms with van der Waals surface area (Å²) in [7, 11) is 0. The number of rotatable bonds is 2. The molecule has 0 spiro atoms. The van der Waals surface area contributed by atoms with Crippen LogP contribution in [0.25, 0.3) is 10.9 Å². The number of hydrogen-bond acceptors (Lipinski definition) is 2. The average Bonchev–Trinajstić information content (AvgIpc) is 3.00. The van der Waals surface area contributed by atoms with Gasteiger partial charge < -0.3 is 9.67 Å². The summed E-state index contributed by atoms with van der Waals surface area (Å²) in [6, 6.07) is 4.01. The van der Waals surface area contributed by atoms with E-state index in [0.29, 0.717) is 12.5 Å². The number of aliphatic hydroxyl groups excluding tert-OH is 1. The van der Waals surface area contributed by atoms with Crippen molar-refractivity contribution in [3.8, 4) is 0 Å². The second kappa shape index (κ2) is 10.6. The molecule has 2 aromatic rings. The van der Waals surface area contributed by atoms with Crippen molar-refractivity contribution in [2.45, 2.75) is 47.6 Å². The van der Waals surface area contributed by atoms with E-state index < -0.39 is 0 Å². The van der Waals surface area contributed by atoms with E-state index in [9.17, 15) is 0 Å². The lowest BCUT2D eigenvalue weighted by Crippen LogP contribution is -1.99. The Bertz CT molecular complexity index is 747. The average molecular weight is 383 g/mol. The molecule has 0 saturated heterocycles. The molecule has 0 bridgehead atoms. The summed E-state index contributed by atoms with van der Waals surface area (Å²) in [5.74, 6) is 0.490. The number of allylic oxidation sites excluding steroid dienone is 4. The number of aryl methyl sites for hydroxylation is 1. The molecule has 25 heavy (non-hydrogen) atoms. The lowest BCUT2D eigenvalue weighted by Gasteiger charge is -2.15. The molecular formula is C20H28Cl2N2O. The quantitative estimate of drug-likeness (QED) is 0.688. The molecule has 0 aliphatic heterocycles. The van der Waals surface area contributed by atoms with Gasteiger partial charge in [0.05, 0.1) is 12.1 Å². The van der Waals surface area contributed by atoms with Gasteiger partial charge in [-0.15, -0.1) is 0 Å². The van der Waals surface area contributed by atoms with E-state index in [1.807, 2.05) is 56.7 Å². The maximum Gasteiger partial charge on any atom is 0.0610 e. The highest BCUT2D eigenvalue weighted by Crippen LogP contribution is 2.32. The molecule has 0 radical (unpaired) electrons. The molecule has 3 nitrogen and oxygen atoms in total. The first-order chi connectivity index (χ1) is 11.9. The van der Waals surface area contributed by atoms with Crippen molar-refractivity contribution >= 4 is 34.1 Å². The highest BCUT2D eigenvalue weighted by atomic mass is 35.5. The van der Waals surface area contributed by atoms with Gasteiger partial charge in [0.2, 0.25) is 0 Å². The van der Waals surface area contributed by atoms with E-state index in [0.717, 1.165) is 38.7 Å². The predicted octanol–water partition coefficient (Wildman–Crippen LogP) is 6.02. The molecule has 1 atom stereocenters.